The average Bonchev–Trinajstić information content (AvgIpc) is 2.98. The summed E-state index contributed by atoms with van der Waals surface area (Å²) in [7, 11) is 1.27. The molecular weight excluding hydrogens is 278 g/mol. The van der Waals surface area contributed by atoms with E-state index in [9.17, 15) is 6.48 Å². The summed E-state index contributed by atoms with van der Waals surface area (Å²) in [6.07, 6.45) is -3.91. The third-order valence-corrected chi connectivity index (χ3v) is 5.17. The lowest BCUT2D eigenvalue weighted by atomic mass is 9.53. The molecule has 4 nitrogen and oxygen atoms in total. The molecule has 0 amide bonds. The maximum absolute atomic E-state index is 10.8. The molecular formula is C18H21NO3. The fourth-order valence-corrected chi connectivity index (χ4v) is 4.25. The van der Waals surface area contributed by atoms with Gasteiger partial charge in [0.05, 0.1) is 11.2 Å². The Morgan fingerprint density at radius 1 is 1.59 bits per heavy atom. The molecule has 2 bridgehead atoms. The van der Waals surface area contributed by atoms with Crippen molar-refractivity contribution in [1.29, 1.82) is 0 Å². The molecule has 2 aliphatic heterocycles. The van der Waals surface area contributed by atoms with Crippen LogP contribution in [0.3, 0.4) is 0 Å². The lowest BCUT2D eigenvalue weighted by Gasteiger charge is -2.56. The zero-order chi connectivity index (χ0) is 22.9. The van der Waals surface area contributed by atoms with Crippen LogP contribution in [-0.4, -0.2) is 48.9 Å². The first-order valence-electron chi connectivity index (χ1n) is 11.7. The monoisotopic (exact) mass is 308 g/mol. The zero-order valence-corrected chi connectivity index (χ0v) is 11.9. The van der Waals surface area contributed by atoms with E-state index in [0.29, 0.717) is 0 Å². The second-order valence-corrected chi connectivity index (χ2v) is 6.04. The van der Waals surface area contributed by atoms with Gasteiger partial charge in [-0.15, -0.1) is 0 Å². The third kappa shape index (κ3) is 1.28. The molecule has 2 heterocycles. The van der Waals surface area contributed by atoms with E-state index in [1.807, 2.05) is 0 Å². The van der Waals surface area contributed by atoms with E-state index < -0.39 is 55.0 Å². The van der Waals surface area contributed by atoms with Crippen molar-refractivity contribution in [2.75, 3.05) is 20.6 Å². The highest BCUT2D eigenvalue weighted by molar-refractivity contribution is 5.62. The first-order chi connectivity index (χ1) is 14.2. The van der Waals surface area contributed by atoms with Crippen LogP contribution >= 0.6 is 0 Å². The molecule has 1 N–H and O–H groups in total. The van der Waals surface area contributed by atoms with Gasteiger partial charge in [0.1, 0.15) is 12.2 Å². The predicted molar refractivity (Wildman–Crippen MR) is 82.5 cm³/mol. The van der Waals surface area contributed by atoms with Crippen molar-refractivity contribution in [3.8, 4) is 11.5 Å². The van der Waals surface area contributed by atoms with Crippen LogP contribution < -0.4 is 9.47 Å². The molecule has 22 heavy (non-hydrogen) atoms. The highest BCUT2D eigenvalue weighted by Gasteiger charge is 2.64. The molecule has 5 atom stereocenters. The lowest BCUT2D eigenvalue weighted by Crippen LogP contribution is -2.64. The van der Waals surface area contributed by atoms with Gasteiger partial charge in [-0.1, -0.05) is 18.2 Å². The Morgan fingerprint density at radius 3 is 3.32 bits per heavy atom. The number of piperidine rings is 1. The van der Waals surface area contributed by atoms with Crippen LogP contribution in [0.15, 0.2) is 24.2 Å². The molecule has 2 aliphatic carbocycles. The van der Waals surface area contributed by atoms with E-state index in [4.69, 9.17) is 20.4 Å². The topological polar surface area (TPSA) is 41.9 Å². The summed E-state index contributed by atoms with van der Waals surface area (Å²) in [5.74, 6) is -2.10. The van der Waals surface area contributed by atoms with Crippen LogP contribution in [0, 0.1) is 5.89 Å². The van der Waals surface area contributed by atoms with Gasteiger partial charge in [-0.25, -0.2) is 0 Å². The second kappa shape index (κ2) is 4.06. The summed E-state index contributed by atoms with van der Waals surface area (Å²) in [4.78, 5) is 0.954. The standard InChI is InChI=1S/C18H21NO3/c1-19-8-7-18-11-4-5-13(20)17(18)22-16-14(21-2)6-3-10(15(16)18)9-12(11)19/h3-6,11-13,17,20H,7-9H2,1-2H3/t11-,12+,13?,17?,18-/m0/s1/i1D3,3D,6D,9D2,11D,13D. The number of rotatable bonds is 1. The fourth-order valence-electron chi connectivity index (χ4n) is 4.25. The number of ether oxygens (including phenoxy) is 2. The van der Waals surface area contributed by atoms with Crippen LogP contribution in [0.2, 0.25) is 0 Å². The van der Waals surface area contributed by atoms with Crippen LogP contribution in [0.5, 0.6) is 11.5 Å². The molecule has 1 aromatic carbocycles. The molecule has 2 unspecified atom stereocenters. The van der Waals surface area contributed by atoms with Crippen molar-refractivity contribution in [2.24, 2.45) is 5.89 Å². The minimum Gasteiger partial charge on any atom is -0.493 e. The Labute approximate surface area is 143 Å². The molecule has 0 radical (unpaired) electrons. The van der Waals surface area contributed by atoms with Crippen LogP contribution in [0.4, 0.5) is 0 Å². The molecule has 0 saturated carbocycles. The van der Waals surface area contributed by atoms with Gasteiger partial charge < -0.3 is 19.5 Å². The summed E-state index contributed by atoms with van der Waals surface area (Å²) < 4.78 is 87.8. The maximum atomic E-state index is 10.8. The van der Waals surface area contributed by atoms with Gasteiger partial charge in [0.15, 0.2) is 11.5 Å². The SMILES string of the molecule is [2H]c1c([2H])c2c3c(c1OC)OC1C([2H])(O)C=C[C@@]4([2H])[C@H](N(C([2H])([2H])[2H])CC[C@]314)C2([2H])[2H]. The summed E-state index contributed by atoms with van der Waals surface area (Å²) >= 11 is 0. The molecule has 1 saturated heterocycles. The Hall–Kier alpha value is -1.52. The van der Waals surface area contributed by atoms with Crippen LogP contribution in [0.25, 0.3) is 0 Å². The van der Waals surface area contributed by atoms with Crippen LogP contribution in [0.1, 0.15) is 29.9 Å². The Bertz CT molecular complexity index is 1040. The third-order valence-electron chi connectivity index (χ3n) is 5.17. The molecule has 1 spiro atoms. The highest BCUT2D eigenvalue weighted by atomic mass is 16.5. The molecule has 1 aromatic rings. The lowest BCUT2D eigenvalue weighted by molar-refractivity contribution is -0.0453. The van der Waals surface area contributed by atoms with Gasteiger partial charge in [0.25, 0.3) is 0 Å². The number of hydrogen-bond acceptors (Lipinski definition) is 4. The quantitative estimate of drug-likeness (QED) is 0.799. The highest BCUT2D eigenvalue weighted by Crippen LogP contribution is 2.62. The Kier molecular flexibility index (Phi) is 1.28. The van der Waals surface area contributed by atoms with Gasteiger partial charge in [-0.05, 0) is 37.9 Å². The smallest absolute Gasteiger partial charge is 0.165 e. The number of nitrogens with zero attached hydrogens (tertiary/aromatic N) is 1. The second-order valence-electron chi connectivity index (χ2n) is 6.04. The number of likely N-dealkylation sites (N-methyl/N-ethyl adjacent to an activating group) is 1. The van der Waals surface area contributed by atoms with Crippen molar-refractivity contribution in [1.82, 2.24) is 4.90 Å². The van der Waals surface area contributed by atoms with Gasteiger partial charge in [-0.3, -0.25) is 0 Å². The van der Waals surface area contributed by atoms with Gasteiger partial charge in [-0.2, -0.15) is 0 Å². The molecule has 4 aliphatic rings. The minimum atomic E-state index is -2.72. The van der Waals surface area contributed by atoms with Gasteiger partial charge >= 0.3 is 0 Å². The average molecular weight is 308 g/mol. The molecule has 116 valence electrons. The van der Waals surface area contributed by atoms with E-state index in [2.05, 4.69) is 0 Å². The van der Waals surface area contributed by atoms with Gasteiger partial charge in [0, 0.05) is 31.1 Å². The van der Waals surface area contributed by atoms with Gasteiger partial charge in [0.2, 0.25) is 0 Å². The van der Waals surface area contributed by atoms with Crippen molar-refractivity contribution in [3.63, 3.8) is 0 Å². The number of benzene rings is 1. The zero-order valence-electron chi connectivity index (χ0n) is 20.9. The number of hydrogen-bond donors (Lipinski definition) is 1. The van der Waals surface area contributed by atoms with Crippen molar-refractivity contribution in [3.05, 3.63) is 35.4 Å². The number of likely N-dealkylation sites (tertiary alicyclic amines) is 1. The van der Waals surface area contributed by atoms with Crippen molar-refractivity contribution >= 4 is 0 Å². The predicted octanol–water partition coefficient (Wildman–Crippen LogP) is 1.50. The Morgan fingerprint density at radius 2 is 2.50 bits per heavy atom. The fraction of sp³-hybridized carbons (Fsp3) is 0.556. The van der Waals surface area contributed by atoms with E-state index >= 15 is 0 Å². The largest absolute Gasteiger partial charge is 0.493 e. The summed E-state index contributed by atoms with van der Waals surface area (Å²) in [6.45, 7) is -2.84. The molecule has 0 aromatic heterocycles. The normalized spacial score (nSPS) is 56.5. The van der Waals surface area contributed by atoms with E-state index in [1.165, 1.54) is 13.2 Å². The number of aliphatic hydroxyl groups is 1. The summed E-state index contributed by atoms with van der Waals surface area (Å²) in [6, 6.07) is -2.48. The first-order valence-corrected chi connectivity index (χ1v) is 7.24. The van der Waals surface area contributed by atoms with E-state index in [1.54, 1.807) is 0 Å². The van der Waals surface area contributed by atoms with E-state index in [0.717, 1.165) is 11.0 Å². The Balaban J connectivity index is 1.97. The van der Waals surface area contributed by atoms with E-state index in [-0.39, 0.29) is 35.6 Å². The van der Waals surface area contributed by atoms with Crippen molar-refractivity contribution < 1.29 is 26.9 Å². The van der Waals surface area contributed by atoms with Crippen LogP contribution in [-0.2, 0) is 11.8 Å². The molecule has 1 fully saturated rings. The minimum absolute atomic E-state index is 0.0163. The maximum Gasteiger partial charge on any atom is 0.165 e. The van der Waals surface area contributed by atoms with Crippen molar-refractivity contribution in [2.45, 2.75) is 36.4 Å². The molecule has 4 heteroatoms. The molecule has 5 rings (SSSR count). The first kappa shape index (κ1) is 6.93. The summed E-state index contributed by atoms with van der Waals surface area (Å²) in [5.41, 5.74) is -1.59. The summed E-state index contributed by atoms with van der Waals surface area (Å²) in [5, 5.41) is 10.8. The number of methoxy groups -OCH3 is 1.